The van der Waals surface area contributed by atoms with Crippen molar-refractivity contribution in [1.82, 2.24) is 4.90 Å². The Bertz CT molecular complexity index is 467. The number of rotatable bonds is 8. The molecule has 0 N–H and O–H groups in total. The predicted molar refractivity (Wildman–Crippen MR) is 91.1 cm³/mol. The van der Waals surface area contributed by atoms with Crippen molar-refractivity contribution in [1.29, 1.82) is 0 Å². The van der Waals surface area contributed by atoms with E-state index in [9.17, 15) is 4.79 Å². The maximum absolute atomic E-state index is 12.9. The van der Waals surface area contributed by atoms with Crippen LogP contribution in [0.3, 0.4) is 0 Å². The zero-order valence-electron chi connectivity index (χ0n) is 14.6. The van der Waals surface area contributed by atoms with Crippen LogP contribution >= 0.6 is 0 Å². The Balaban J connectivity index is 2.98. The monoisotopic (exact) mass is 289 g/mol. The number of hydrogen-bond acceptors (Lipinski definition) is 2. The number of Topliss-reactive ketones (excluding diaryl/α,β-unsaturated/α-hetero) is 1. The Labute approximate surface area is 130 Å². The standard InChI is InChI=1S/C19H31NO/c1-7-9-12-20(16(5)8-2)17(6)19(21)18-13-14(3)10-11-15(18)4/h10-11,13,16-17H,7-9,12H2,1-6H3. The molecule has 21 heavy (non-hydrogen) atoms. The van der Waals surface area contributed by atoms with Crippen LogP contribution in [0.15, 0.2) is 18.2 Å². The lowest BCUT2D eigenvalue weighted by Gasteiger charge is -2.33. The summed E-state index contributed by atoms with van der Waals surface area (Å²) in [7, 11) is 0. The SMILES string of the molecule is CCCCN(C(C)CC)C(C)C(=O)c1cc(C)ccc1C. The van der Waals surface area contributed by atoms with Gasteiger partial charge in [0.25, 0.3) is 0 Å². The molecule has 1 aromatic rings. The van der Waals surface area contributed by atoms with E-state index in [1.807, 2.05) is 19.9 Å². The molecule has 0 aromatic heterocycles. The Kier molecular flexibility index (Phi) is 7.10. The first-order valence-electron chi connectivity index (χ1n) is 8.29. The number of ketones is 1. The molecule has 2 nitrogen and oxygen atoms in total. The highest BCUT2D eigenvalue weighted by Gasteiger charge is 2.26. The average Bonchev–Trinajstić information content (AvgIpc) is 2.48. The molecule has 1 aromatic carbocycles. The van der Waals surface area contributed by atoms with Crippen molar-refractivity contribution in [2.45, 2.75) is 72.9 Å². The largest absolute Gasteiger partial charge is 0.292 e. The van der Waals surface area contributed by atoms with E-state index in [1.165, 1.54) is 0 Å². The van der Waals surface area contributed by atoms with Crippen LogP contribution in [-0.2, 0) is 0 Å². The second kappa shape index (κ2) is 8.33. The van der Waals surface area contributed by atoms with Crippen LogP contribution in [0.25, 0.3) is 0 Å². The fraction of sp³-hybridized carbons (Fsp3) is 0.632. The molecule has 1 rings (SSSR count). The lowest BCUT2D eigenvalue weighted by Crippen LogP contribution is -2.45. The van der Waals surface area contributed by atoms with E-state index in [1.54, 1.807) is 0 Å². The first-order valence-corrected chi connectivity index (χ1v) is 8.29. The van der Waals surface area contributed by atoms with E-state index in [2.05, 4.69) is 44.7 Å². The van der Waals surface area contributed by atoms with E-state index in [0.717, 1.165) is 42.5 Å². The molecular weight excluding hydrogens is 258 g/mol. The van der Waals surface area contributed by atoms with Crippen LogP contribution in [0.5, 0.6) is 0 Å². The molecule has 118 valence electrons. The Morgan fingerprint density at radius 2 is 1.86 bits per heavy atom. The van der Waals surface area contributed by atoms with Crippen molar-refractivity contribution >= 4 is 5.78 Å². The molecule has 0 fully saturated rings. The van der Waals surface area contributed by atoms with Gasteiger partial charge in [0.2, 0.25) is 0 Å². The van der Waals surface area contributed by atoms with Gasteiger partial charge in [-0.3, -0.25) is 9.69 Å². The van der Waals surface area contributed by atoms with Crippen LogP contribution in [0.2, 0.25) is 0 Å². The highest BCUT2D eigenvalue weighted by atomic mass is 16.1. The second-order valence-corrected chi connectivity index (χ2v) is 6.21. The summed E-state index contributed by atoms with van der Waals surface area (Å²) in [5, 5.41) is 0. The molecule has 0 bridgehead atoms. The fourth-order valence-electron chi connectivity index (χ4n) is 2.75. The number of benzene rings is 1. The first-order chi connectivity index (χ1) is 9.92. The highest BCUT2D eigenvalue weighted by molar-refractivity contribution is 6.01. The summed E-state index contributed by atoms with van der Waals surface area (Å²) >= 11 is 0. The van der Waals surface area contributed by atoms with Crippen LogP contribution in [0.1, 0.15) is 68.4 Å². The molecule has 0 radical (unpaired) electrons. The molecule has 0 saturated heterocycles. The Morgan fingerprint density at radius 3 is 2.43 bits per heavy atom. The maximum Gasteiger partial charge on any atom is 0.179 e. The molecule has 0 aliphatic rings. The lowest BCUT2D eigenvalue weighted by molar-refractivity contribution is 0.0765. The third kappa shape index (κ3) is 4.67. The normalized spacial score (nSPS) is 14.2. The van der Waals surface area contributed by atoms with Crippen LogP contribution in [0.4, 0.5) is 0 Å². The number of aryl methyl sites for hydroxylation is 2. The van der Waals surface area contributed by atoms with Gasteiger partial charge >= 0.3 is 0 Å². The van der Waals surface area contributed by atoms with Gasteiger partial charge in [0.1, 0.15) is 0 Å². The molecule has 0 saturated carbocycles. The summed E-state index contributed by atoms with van der Waals surface area (Å²) < 4.78 is 0. The number of hydrogen-bond donors (Lipinski definition) is 0. The molecule has 0 aliphatic heterocycles. The summed E-state index contributed by atoms with van der Waals surface area (Å²) in [4.78, 5) is 15.3. The van der Waals surface area contributed by atoms with Gasteiger partial charge < -0.3 is 0 Å². The number of carbonyl (C=O) groups excluding carboxylic acids is 1. The van der Waals surface area contributed by atoms with Gasteiger partial charge in [-0.05, 0) is 58.7 Å². The smallest absolute Gasteiger partial charge is 0.179 e. The number of unbranched alkanes of at least 4 members (excludes halogenated alkanes) is 1. The van der Waals surface area contributed by atoms with Gasteiger partial charge in [-0.2, -0.15) is 0 Å². The minimum absolute atomic E-state index is 0.0491. The van der Waals surface area contributed by atoms with E-state index >= 15 is 0 Å². The molecule has 0 spiro atoms. The Morgan fingerprint density at radius 1 is 1.19 bits per heavy atom. The van der Waals surface area contributed by atoms with E-state index < -0.39 is 0 Å². The number of carbonyl (C=O) groups is 1. The molecule has 2 unspecified atom stereocenters. The molecule has 0 aliphatic carbocycles. The van der Waals surface area contributed by atoms with E-state index in [-0.39, 0.29) is 11.8 Å². The van der Waals surface area contributed by atoms with Gasteiger partial charge in [0.15, 0.2) is 5.78 Å². The minimum atomic E-state index is -0.0491. The predicted octanol–water partition coefficient (Wildman–Crippen LogP) is 4.78. The van der Waals surface area contributed by atoms with Crippen molar-refractivity contribution in [3.8, 4) is 0 Å². The van der Waals surface area contributed by atoms with Crippen molar-refractivity contribution in [3.63, 3.8) is 0 Å². The van der Waals surface area contributed by atoms with Crippen LogP contribution < -0.4 is 0 Å². The summed E-state index contributed by atoms with van der Waals surface area (Å²) in [5.74, 6) is 0.257. The van der Waals surface area contributed by atoms with Crippen LogP contribution in [0, 0.1) is 13.8 Å². The van der Waals surface area contributed by atoms with Gasteiger partial charge in [-0.25, -0.2) is 0 Å². The van der Waals surface area contributed by atoms with Crippen molar-refractivity contribution in [2.75, 3.05) is 6.54 Å². The van der Waals surface area contributed by atoms with Gasteiger partial charge in [-0.15, -0.1) is 0 Å². The van der Waals surface area contributed by atoms with Crippen LogP contribution in [-0.4, -0.2) is 29.3 Å². The fourth-order valence-corrected chi connectivity index (χ4v) is 2.75. The zero-order chi connectivity index (χ0) is 16.0. The summed E-state index contributed by atoms with van der Waals surface area (Å²) in [6.07, 6.45) is 3.39. The Hall–Kier alpha value is -1.15. The molecular formula is C19H31NO. The second-order valence-electron chi connectivity index (χ2n) is 6.21. The molecule has 0 heterocycles. The zero-order valence-corrected chi connectivity index (χ0v) is 14.6. The quantitative estimate of drug-likeness (QED) is 0.642. The van der Waals surface area contributed by atoms with Gasteiger partial charge in [0.05, 0.1) is 6.04 Å². The maximum atomic E-state index is 12.9. The minimum Gasteiger partial charge on any atom is -0.292 e. The van der Waals surface area contributed by atoms with Crippen molar-refractivity contribution < 1.29 is 4.79 Å². The summed E-state index contributed by atoms with van der Waals surface area (Å²) in [5.41, 5.74) is 3.11. The summed E-state index contributed by atoms with van der Waals surface area (Å²) in [6.45, 7) is 13.8. The summed E-state index contributed by atoms with van der Waals surface area (Å²) in [6, 6.07) is 6.55. The van der Waals surface area contributed by atoms with E-state index in [0.29, 0.717) is 6.04 Å². The first kappa shape index (κ1) is 17.9. The number of nitrogens with zero attached hydrogens (tertiary/aromatic N) is 1. The average molecular weight is 289 g/mol. The molecule has 2 heteroatoms. The lowest BCUT2D eigenvalue weighted by atomic mass is 9.96. The highest BCUT2D eigenvalue weighted by Crippen LogP contribution is 2.18. The van der Waals surface area contributed by atoms with Crippen molar-refractivity contribution in [2.24, 2.45) is 0 Å². The van der Waals surface area contributed by atoms with Gasteiger partial charge in [0, 0.05) is 11.6 Å². The van der Waals surface area contributed by atoms with Gasteiger partial charge in [-0.1, -0.05) is 38.0 Å². The third-order valence-corrected chi connectivity index (χ3v) is 4.46. The van der Waals surface area contributed by atoms with Crippen molar-refractivity contribution in [3.05, 3.63) is 34.9 Å². The molecule has 2 atom stereocenters. The third-order valence-electron chi connectivity index (χ3n) is 4.46. The topological polar surface area (TPSA) is 20.3 Å². The van der Waals surface area contributed by atoms with E-state index in [4.69, 9.17) is 0 Å². The molecule has 0 amide bonds.